The van der Waals surface area contributed by atoms with Crippen LogP contribution in [0.5, 0.6) is 0 Å². The Balaban J connectivity index is 1.93. The second kappa shape index (κ2) is 4.20. The zero-order valence-corrected chi connectivity index (χ0v) is 8.69. The van der Waals surface area contributed by atoms with Crippen molar-refractivity contribution in [3.8, 4) is 0 Å². The third-order valence-electron chi connectivity index (χ3n) is 2.36. The van der Waals surface area contributed by atoms with Crippen LogP contribution in [0.1, 0.15) is 18.6 Å². The largest absolute Gasteiger partial charge is 0.468 e. The van der Waals surface area contributed by atoms with Gasteiger partial charge in [0.25, 0.3) is 0 Å². The van der Waals surface area contributed by atoms with Gasteiger partial charge >= 0.3 is 0 Å². The van der Waals surface area contributed by atoms with Crippen LogP contribution in [-0.2, 0) is 0 Å². The van der Waals surface area contributed by atoms with Crippen molar-refractivity contribution in [2.75, 3.05) is 13.1 Å². The van der Waals surface area contributed by atoms with E-state index in [0.29, 0.717) is 0 Å². The van der Waals surface area contributed by atoms with E-state index in [1.54, 1.807) is 6.26 Å². The Morgan fingerprint density at radius 1 is 1.62 bits per heavy atom. The number of aryl methyl sites for hydroxylation is 1. The third kappa shape index (κ3) is 2.29. The number of thioether (sulfide) groups is 1. The fourth-order valence-corrected chi connectivity index (χ4v) is 2.79. The molecule has 2 nitrogen and oxygen atoms in total. The Bertz CT molecular complexity index is 266. The molecule has 1 saturated heterocycles. The quantitative estimate of drug-likeness (QED) is 0.788. The minimum atomic E-state index is 0.727. The van der Waals surface area contributed by atoms with Crippen molar-refractivity contribution in [3.63, 3.8) is 0 Å². The van der Waals surface area contributed by atoms with E-state index in [4.69, 9.17) is 4.42 Å². The lowest BCUT2D eigenvalue weighted by atomic mass is 10.2. The first-order valence-corrected chi connectivity index (χ1v) is 5.65. The predicted molar refractivity (Wildman–Crippen MR) is 55.2 cm³/mol. The summed E-state index contributed by atoms with van der Waals surface area (Å²) in [7, 11) is 0. The maximum Gasteiger partial charge on any atom is 0.114 e. The molecule has 72 valence electrons. The minimum absolute atomic E-state index is 0.727. The van der Waals surface area contributed by atoms with Gasteiger partial charge in [-0.25, -0.2) is 0 Å². The van der Waals surface area contributed by atoms with Crippen LogP contribution in [0.15, 0.2) is 21.6 Å². The van der Waals surface area contributed by atoms with E-state index in [1.807, 2.05) is 18.7 Å². The molecule has 1 aromatic heterocycles. The molecule has 2 heterocycles. The molecule has 0 aliphatic carbocycles. The van der Waals surface area contributed by atoms with Crippen LogP contribution in [0.25, 0.3) is 0 Å². The van der Waals surface area contributed by atoms with Gasteiger partial charge in [-0.2, -0.15) is 0 Å². The summed E-state index contributed by atoms with van der Waals surface area (Å²) in [6, 6.07) is 2.06. The summed E-state index contributed by atoms with van der Waals surface area (Å²) in [5, 5.41) is 4.14. The van der Waals surface area contributed by atoms with Crippen LogP contribution in [0.3, 0.4) is 0 Å². The molecule has 0 bridgehead atoms. The molecule has 1 atom stereocenters. The summed E-state index contributed by atoms with van der Waals surface area (Å²) in [4.78, 5) is 1.30. The first-order valence-electron chi connectivity index (χ1n) is 4.78. The van der Waals surface area contributed by atoms with Crippen LogP contribution < -0.4 is 5.32 Å². The fraction of sp³-hybridized carbons (Fsp3) is 0.600. The number of hydrogen-bond donors (Lipinski definition) is 1. The van der Waals surface area contributed by atoms with E-state index in [2.05, 4.69) is 11.4 Å². The molecule has 0 spiro atoms. The van der Waals surface area contributed by atoms with Gasteiger partial charge in [-0.3, -0.25) is 0 Å². The maximum absolute atomic E-state index is 5.26. The van der Waals surface area contributed by atoms with Gasteiger partial charge in [-0.15, -0.1) is 11.8 Å². The number of rotatable bonds is 2. The number of hydrogen-bond acceptors (Lipinski definition) is 3. The molecule has 0 amide bonds. The molecular weight excluding hydrogens is 182 g/mol. The average Bonchev–Trinajstić information content (AvgIpc) is 2.54. The van der Waals surface area contributed by atoms with Gasteiger partial charge in [0.15, 0.2) is 0 Å². The van der Waals surface area contributed by atoms with E-state index in [9.17, 15) is 0 Å². The van der Waals surface area contributed by atoms with Gasteiger partial charge in [0, 0.05) is 16.7 Å². The van der Waals surface area contributed by atoms with Crippen LogP contribution in [0.2, 0.25) is 0 Å². The van der Waals surface area contributed by atoms with E-state index < -0.39 is 0 Å². The Labute approximate surface area is 83.1 Å². The molecule has 0 saturated carbocycles. The summed E-state index contributed by atoms with van der Waals surface area (Å²) in [5.41, 5.74) is 0. The topological polar surface area (TPSA) is 25.2 Å². The van der Waals surface area contributed by atoms with Gasteiger partial charge < -0.3 is 9.73 Å². The van der Waals surface area contributed by atoms with Crippen molar-refractivity contribution in [1.82, 2.24) is 5.32 Å². The lowest BCUT2D eigenvalue weighted by Crippen LogP contribution is -2.31. The molecule has 13 heavy (non-hydrogen) atoms. The first-order chi connectivity index (χ1) is 6.36. The molecule has 2 rings (SSSR count). The van der Waals surface area contributed by atoms with Gasteiger partial charge in [-0.05, 0) is 32.4 Å². The van der Waals surface area contributed by atoms with Crippen molar-refractivity contribution >= 4 is 11.8 Å². The minimum Gasteiger partial charge on any atom is -0.468 e. The molecule has 1 N–H and O–H groups in total. The second-order valence-electron chi connectivity index (χ2n) is 3.43. The predicted octanol–water partition coefficient (Wildman–Crippen LogP) is 2.43. The van der Waals surface area contributed by atoms with Gasteiger partial charge in [-0.1, -0.05) is 0 Å². The SMILES string of the molecule is Cc1occc1SC1CCCNC1. The van der Waals surface area contributed by atoms with Gasteiger partial charge in [0.1, 0.15) is 5.76 Å². The molecule has 1 unspecified atom stereocenters. The number of nitrogens with one attached hydrogen (secondary N) is 1. The second-order valence-corrected chi connectivity index (χ2v) is 4.77. The zero-order chi connectivity index (χ0) is 9.10. The Morgan fingerprint density at radius 2 is 2.54 bits per heavy atom. The summed E-state index contributed by atoms with van der Waals surface area (Å²) in [6.07, 6.45) is 4.39. The lowest BCUT2D eigenvalue weighted by molar-refractivity contribution is 0.522. The van der Waals surface area contributed by atoms with E-state index >= 15 is 0 Å². The summed E-state index contributed by atoms with van der Waals surface area (Å²) in [5.74, 6) is 1.05. The van der Waals surface area contributed by atoms with Crippen molar-refractivity contribution in [1.29, 1.82) is 0 Å². The summed E-state index contributed by atoms with van der Waals surface area (Å²) >= 11 is 1.94. The van der Waals surface area contributed by atoms with E-state index in [1.165, 1.54) is 24.3 Å². The van der Waals surface area contributed by atoms with Crippen LogP contribution in [-0.4, -0.2) is 18.3 Å². The zero-order valence-electron chi connectivity index (χ0n) is 7.88. The van der Waals surface area contributed by atoms with E-state index in [-0.39, 0.29) is 0 Å². The molecular formula is C10H15NOS. The smallest absolute Gasteiger partial charge is 0.114 e. The molecule has 0 radical (unpaired) electrons. The molecule has 1 aliphatic rings. The molecule has 1 aromatic rings. The molecule has 1 aliphatic heterocycles. The lowest BCUT2D eigenvalue weighted by Gasteiger charge is -2.21. The average molecular weight is 197 g/mol. The van der Waals surface area contributed by atoms with Crippen molar-refractivity contribution < 1.29 is 4.42 Å². The number of furan rings is 1. The highest BCUT2D eigenvalue weighted by Gasteiger charge is 2.15. The van der Waals surface area contributed by atoms with Crippen molar-refractivity contribution in [2.45, 2.75) is 29.9 Å². The monoisotopic (exact) mass is 197 g/mol. The fourth-order valence-electron chi connectivity index (χ4n) is 1.60. The highest BCUT2D eigenvalue weighted by Crippen LogP contribution is 2.30. The molecule has 3 heteroatoms. The van der Waals surface area contributed by atoms with Gasteiger partial charge in [0.2, 0.25) is 0 Å². The Morgan fingerprint density at radius 3 is 3.15 bits per heavy atom. The van der Waals surface area contributed by atoms with Crippen molar-refractivity contribution in [2.24, 2.45) is 0 Å². The normalized spacial score (nSPS) is 23.3. The highest BCUT2D eigenvalue weighted by atomic mass is 32.2. The Kier molecular flexibility index (Phi) is 2.96. The first kappa shape index (κ1) is 9.16. The standard InChI is InChI=1S/C10H15NOS/c1-8-10(4-6-12-8)13-9-3-2-5-11-7-9/h4,6,9,11H,2-3,5,7H2,1H3. The Hall–Kier alpha value is -0.410. The van der Waals surface area contributed by atoms with E-state index in [0.717, 1.165) is 17.6 Å². The van der Waals surface area contributed by atoms with Crippen LogP contribution >= 0.6 is 11.8 Å². The molecule has 1 fully saturated rings. The van der Waals surface area contributed by atoms with Gasteiger partial charge in [0.05, 0.1) is 6.26 Å². The number of piperidine rings is 1. The molecule has 0 aromatic carbocycles. The third-order valence-corrected chi connectivity index (χ3v) is 3.77. The maximum atomic E-state index is 5.26. The van der Waals surface area contributed by atoms with Crippen molar-refractivity contribution in [3.05, 3.63) is 18.1 Å². The summed E-state index contributed by atoms with van der Waals surface area (Å²) in [6.45, 7) is 4.34. The summed E-state index contributed by atoms with van der Waals surface area (Å²) < 4.78 is 5.26. The van der Waals surface area contributed by atoms with Crippen LogP contribution in [0, 0.1) is 6.92 Å². The van der Waals surface area contributed by atoms with Crippen LogP contribution in [0.4, 0.5) is 0 Å². The highest BCUT2D eigenvalue weighted by molar-refractivity contribution is 8.00.